The Hall–Kier alpha value is -3.77. The second-order valence-corrected chi connectivity index (χ2v) is 8.46. The molecule has 6 heteroatoms. The Morgan fingerprint density at radius 3 is 2.41 bits per heavy atom. The molecule has 0 atom stereocenters. The van der Waals surface area contributed by atoms with Crippen LogP contribution in [0, 0.1) is 0 Å². The van der Waals surface area contributed by atoms with E-state index >= 15 is 0 Å². The van der Waals surface area contributed by atoms with Crippen molar-refractivity contribution in [2.45, 2.75) is 13.3 Å². The van der Waals surface area contributed by atoms with Crippen molar-refractivity contribution in [2.24, 2.45) is 4.99 Å². The van der Waals surface area contributed by atoms with Crippen molar-refractivity contribution in [3.63, 3.8) is 0 Å². The molecule has 5 nitrogen and oxygen atoms in total. The second-order valence-electron chi connectivity index (χ2n) is 7.45. The fourth-order valence-corrected chi connectivity index (χ4v) is 4.69. The Bertz CT molecular complexity index is 1240. The van der Waals surface area contributed by atoms with Gasteiger partial charge >= 0.3 is 0 Å². The van der Waals surface area contributed by atoms with Crippen LogP contribution in [0.5, 0.6) is 11.5 Å². The minimum atomic E-state index is -0.120. The summed E-state index contributed by atoms with van der Waals surface area (Å²) in [7, 11) is 1.63. The van der Waals surface area contributed by atoms with Gasteiger partial charge in [-0.1, -0.05) is 42.5 Å². The van der Waals surface area contributed by atoms with Gasteiger partial charge in [-0.25, -0.2) is 4.99 Å². The molecule has 3 aromatic rings. The van der Waals surface area contributed by atoms with E-state index in [-0.39, 0.29) is 5.91 Å². The lowest BCUT2D eigenvalue weighted by Crippen LogP contribution is -2.28. The smallest absolute Gasteiger partial charge is 0.271 e. The van der Waals surface area contributed by atoms with Gasteiger partial charge in [0.2, 0.25) is 0 Å². The minimum Gasteiger partial charge on any atom is -0.493 e. The van der Waals surface area contributed by atoms with E-state index in [2.05, 4.69) is 6.58 Å². The number of amides is 1. The monoisotopic (exact) mass is 470 g/mol. The first-order valence-electron chi connectivity index (χ1n) is 11.0. The van der Waals surface area contributed by atoms with E-state index in [4.69, 9.17) is 14.5 Å². The molecule has 1 heterocycles. The number of anilines is 1. The first-order valence-corrected chi connectivity index (χ1v) is 11.8. The molecule has 0 radical (unpaired) electrons. The summed E-state index contributed by atoms with van der Waals surface area (Å²) in [5.41, 5.74) is 3.36. The van der Waals surface area contributed by atoms with Crippen LogP contribution in [0.1, 0.15) is 18.1 Å². The molecular formula is C28H26N2O3S. The number of aliphatic imine (C=N–C) groups is 1. The maximum absolute atomic E-state index is 13.5. The van der Waals surface area contributed by atoms with E-state index in [0.29, 0.717) is 34.6 Å². The van der Waals surface area contributed by atoms with Crippen LogP contribution >= 0.6 is 11.8 Å². The molecule has 0 aliphatic carbocycles. The summed E-state index contributed by atoms with van der Waals surface area (Å²) in [6, 6.07) is 23.1. The average Bonchev–Trinajstić information content (AvgIpc) is 3.15. The van der Waals surface area contributed by atoms with Gasteiger partial charge in [-0.05, 0) is 73.1 Å². The van der Waals surface area contributed by atoms with Crippen molar-refractivity contribution < 1.29 is 14.3 Å². The van der Waals surface area contributed by atoms with Gasteiger partial charge in [0.15, 0.2) is 16.7 Å². The van der Waals surface area contributed by atoms with Gasteiger partial charge in [0.25, 0.3) is 5.91 Å². The van der Waals surface area contributed by atoms with Crippen molar-refractivity contribution in [1.29, 1.82) is 0 Å². The molecule has 0 bridgehead atoms. The zero-order valence-corrected chi connectivity index (χ0v) is 20.0. The third-order valence-corrected chi connectivity index (χ3v) is 6.09. The van der Waals surface area contributed by atoms with Crippen LogP contribution in [0.25, 0.3) is 6.08 Å². The molecule has 1 fully saturated rings. The predicted molar refractivity (Wildman–Crippen MR) is 141 cm³/mol. The van der Waals surface area contributed by atoms with Crippen molar-refractivity contribution >= 4 is 40.3 Å². The molecule has 0 saturated carbocycles. The van der Waals surface area contributed by atoms with Crippen LogP contribution in [-0.2, 0) is 11.2 Å². The number of benzene rings is 3. The summed E-state index contributed by atoms with van der Waals surface area (Å²) in [5, 5.41) is 0.610. The fourth-order valence-electron chi connectivity index (χ4n) is 3.69. The first kappa shape index (κ1) is 23.4. The van der Waals surface area contributed by atoms with Crippen LogP contribution in [-0.4, -0.2) is 24.8 Å². The van der Waals surface area contributed by atoms with E-state index in [9.17, 15) is 4.79 Å². The molecule has 34 heavy (non-hydrogen) atoms. The quantitative estimate of drug-likeness (QED) is 0.274. The normalized spacial score (nSPS) is 15.7. The maximum Gasteiger partial charge on any atom is 0.271 e. The van der Waals surface area contributed by atoms with E-state index < -0.39 is 0 Å². The van der Waals surface area contributed by atoms with Gasteiger partial charge in [0, 0.05) is 5.56 Å². The third kappa shape index (κ3) is 5.07. The van der Waals surface area contributed by atoms with Crippen molar-refractivity contribution in [3.8, 4) is 11.5 Å². The molecule has 0 spiro atoms. The molecule has 4 rings (SSSR count). The van der Waals surface area contributed by atoms with Gasteiger partial charge in [-0.15, -0.1) is 6.58 Å². The maximum atomic E-state index is 13.5. The topological polar surface area (TPSA) is 51.1 Å². The lowest BCUT2D eigenvalue weighted by Gasteiger charge is -2.15. The van der Waals surface area contributed by atoms with E-state index in [0.717, 1.165) is 22.5 Å². The van der Waals surface area contributed by atoms with Gasteiger partial charge in [-0.3, -0.25) is 9.69 Å². The van der Waals surface area contributed by atoms with Gasteiger partial charge in [0.05, 0.1) is 30.0 Å². The highest BCUT2D eigenvalue weighted by molar-refractivity contribution is 8.19. The molecule has 1 aliphatic rings. The van der Waals surface area contributed by atoms with Crippen LogP contribution in [0.3, 0.4) is 0 Å². The van der Waals surface area contributed by atoms with E-state index in [1.165, 1.54) is 11.8 Å². The highest BCUT2D eigenvalue weighted by atomic mass is 32.2. The van der Waals surface area contributed by atoms with E-state index in [1.807, 2.05) is 91.9 Å². The molecule has 0 aromatic heterocycles. The lowest BCUT2D eigenvalue weighted by atomic mass is 10.0. The highest BCUT2D eigenvalue weighted by Crippen LogP contribution is 2.39. The average molecular weight is 471 g/mol. The van der Waals surface area contributed by atoms with Crippen LogP contribution in [0.15, 0.2) is 95.3 Å². The van der Waals surface area contributed by atoms with Gasteiger partial charge < -0.3 is 9.47 Å². The van der Waals surface area contributed by atoms with E-state index in [1.54, 1.807) is 12.0 Å². The number of hydrogen-bond donors (Lipinski definition) is 0. The Morgan fingerprint density at radius 2 is 1.76 bits per heavy atom. The van der Waals surface area contributed by atoms with Crippen LogP contribution < -0.4 is 14.4 Å². The second kappa shape index (κ2) is 10.9. The summed E-state index contributed by atoms with van der Waals surface area (Å²) in [6.45, 7) is 6.29. The molecule has 1 aliphatic heterocycles. The number of thioether (sulfide) groups is 1. The zero-order chi connectivity index (χ0) is 23.9. The van der Waals surface area contributed by atoms with Crippen LogP contribution in [0.2, 0.25) is 0 Å². The van der Waals surface area contributed by atoms with Gasteiger partial charge in [-0.2, -0.15) is 0 Å². The molecule has 0 unspecified atom stereocenters. The summed E-state index contributed by atoms with van der Waals surface area (Å²) >= 11 is 1.36. The minimum absolute atomic E-state index is 0.120. The highest BCUT2D eigenvalue weighted by Gasteiger charge is 2.34. The Labute approximate surface area is 204 Å². The predicted octanol–water partition coefficient (Wildman–Crippen LogP) is 6.63. The molecule has 172 valence electrons. The van der Waals surface area contributed by atoms with Crippen molar-refractivity contribution in [1.82, 2.24) is 0 Å². The summed E-state index contributed by atoms with van der Waals surface area (Å²) in [5.74, 6) is 1.21. The Balaban J connectivity index is 1.79. The number of amidine groups is 1. The largest absolute Gasteiger partial charge is 0.493 e. The Kier molecular flexibility index (Phi) is 7.50. The molecule has 1 amide bonds. The zero-order valence-electron chi connectivity index (χ0n) is 19.2. The number of rotatable bonds is 8. The number of para-hydroxylation sites is 2. The molecule has 1 saturated heterocycles. The number of hydrogen-bond acceptors (Lipinski definition) is 5. The van der Waals surface area contributed by atoms with Crippen LogP contribution in [0.4, 0.5) is 11.4 Å². The number of carbonyl (C=O) groups excluding carboxylic acids is 1. The summed E-state index contributed by atoms with van der Waals surface area (Å²) in [4.78, 5) is 20.5. The van der Waals surface area contributed by atoms with Gasteiger partial charge in [0.1, 0.15) is 0 Å². The lowest BCUT2D eigenvalue weighted by molar-refractivity contribution is -0.113. The molecular weight excluding hydrogens is 444 g/mol. The van der Waals surface area contributed by atoms with Crippen molar-refractivity contribution in [2.75, 3.05) is 18.6 Å². The number of carbonyl (C=O) groups is 1. The first-order chi connectivity index (χ1) is 16.6. The SMILES string of the molecule is C=CCc1cc(/C=C2/SC(=Nc3ccccc3)N(c3ccccc3)C2=O)cc(OCC)c1OC. The summed E-state index contributed by atoms with van der Waals surface area (Å²) < 4.78 is 11.4. The molecule has 3 aromatic carbocycles. The Morgan fingerprint density at radius 1 is 1.06 bits per heavy atom. The number of allylic oxidation sites excluding steroid dienone is 1. The number of methoxy groups -OCH3 is 1. The number of nitrogens with zero attached hydrogens (tertiary/aromatic N) is 2. The summed E-state index contributed by atoms with van der Waals surface area (Å²) in [6.07, 6.45) is 4.32. The van der Waals surface area contributed by atoms with Crippen molar-refractivity contribution in [3.05, 3.63) is 101 Å². The number of ether oxygens (including phenoxy) is 2. The third-order valence-electron chi connectivity index (χ3n) is 5.12. The molecule has 0 N–H and O–H groups in total. The standard InChI is InChI=1S/C28H26N2O3S/c1-4-12-21-17-20(18-24(33-5-2)26(21)32-3)19-25-27(31)30(23-15-10-7-11-16-23)28(34-25)29-22-13-8-6-9-14-22/h4,6-11,13-19H,1,5,12H2,2-3H3/b25-19+,29-28?. The fraction of sp³-hybridized carbons (Fsp3) is 0.143.